The van der Waals surface area contributed by atoms with Gasteiger partial charge >= 0.3 is 5.97 Å². The Bertz CT molecular complexity index is 404. The number of carbonyl (C=O) groups is 2. The number of carboxylic acids is 1. The lowest BCUT2D eigenvalue weighted by Crippen LogP contribution is -2.45. The Morgan fingerprint density at radius 2 is 1.48 bits per heavy atom. The molecule has 0 aromatic heterocycles. The van der Waals surface area contributed by atoms with Crippen molar-refractivity contribution < 1.29 is 23.9 Å². The maximum Gasteiger partial charge on any atom is 0.306 e. The Balaban J connectivity index is 3.88. The van der Waals surface area contributed by atoms with Gasteiger partial charge in [-0.3, -0.25) is 4.79 Å². The second kappa shape index (κ2) is 14.9. The van der Waals surface area contributed by atoms with Crippen molar-refractivity contribution in [2.75, 3.05) is 27.7 Å². The second-order valence-electron chi connectivity index (χ2n) is 9.07. The fourth-order valence-corrected chi connectivity index (χ4v) is 3.36. The number of quaternary nitrogens is 1. The third-order valence-electron chi connectivity index (χ3n) is 4.82. The first-order valence-corrected chi connectivity index (χ1v) is 10.8. The summed E-state index contributed by atoms with van der Waals surface area (Å²) in [6.45, 7) is 5.00. The summed E-state index contributed by atoms with van der Waals surface area (Å²) in [6.07, 6.45) is 11.8. The Kier molecular flexibility index (Phi) is 14.3. The summed E-state index contributed by atoms with van der Waals surface area (Å²) in [5.74, 6) is -0.765. The Labute approximate surface area is 167 Å². The number of nitrogens with zero attached hydrogens (tertiary/aromatic N) is 1. The van der Waals surface area contributed by atoms with Crippen molar-refractivity contribution in [1.82, 2.24) is 0 Å². The predicted octanol–water partition coefficient (Wildman–Crippen LogP) is 3.69. The second-order valence-corrected chi connectivity index (χ2v) is 9.07. The van der Waals surface area contributed by atoms with E-state index in [4.69, 9.17) is 4.74 Å². The highest BCUT2D eigenvalue weighted by Crippen LogP contribution is 2.18. The van der Waals surface area contributed by atoms with Gasteiger partial charge < -0.3 is 19.1 Å². The van der Waals surface area contributed by atoms with Gasteiger partial charge in [-0.2, -0.15) is 0 Å². The largest absolute Gasteiger partial charge is 0.550 e. The van der Waals surface area contributed by atoms with E-state index < -0.39 is 12.1 Å². The van der Waals surface area contributed by atoms with E-state index in [9.17, 15) is 14.7 Å². The van der Waals surface area contributed by atoms with Gasteiger partial charge in [0, 0.05) is 18.8 Å². The molecular weight excluding hydrogens is 342 g/mol. The molecule has 2 atom stereocenters. The van der Waals surface area contributed by atoms with Crippen LogP contribution in [0.3, 0.4) is 0 Å². The number of ether oxygens (including phenoxy) is 1. The highest BCUT2D eigenvalue weighted by Gasteiger charge is 2.22. The van der Waals surface area contributed by atoms with Crippen molar-refractivity contribution >= 4 is 11.9 Å². The maximum atomic E-state index is 12.0. The number of aliphatic carboxylic acids is 1. The van der Waals surface area contributed by atoms with Crippen molar-refractivity contribution in [3.8, 4) is 0 Å². The molecule has 5 heteroatoms. The number of hydrogen-bond donors (Lipinski definition) is 0. The molecule has 160 valence electrons. The van der Waals surface area contributed by atoms with Gasteiger partial charge in [0.15, 0.2) is 6.10 Å². The normalized spacial score (nSPS) is 14.0. The summed E-state index contributed by atoms with van der Waals surface area (Å²) in [6, 6.07) is 0. The molecule has 0 amide bonds. The molecule has 0 spiro atoms. The molecule has 5 nitrogen and oxygen atoms in total. The minimum atomic E-state index is -1.18. The van der Waals surface area contributed by atoms with Crippen LogP contribution in [0.5, 0.6) is 0 Å². The molecule has 0 bridgehead atoms. The van der Waals surface area contributed by atoms with Crippen molar-refractivity contribution in [3.05, 3.63) is 0 Å². The van der Waals surface area contributed by atoms with Gasteiger partial charge in [0.1, 0.15) is 6.54 Å². The van der Waals surface area contributed by atoms with Gasteiger partial charge in [0.25, 0.3) is 0 Å². The van der Waals surface area contributed by atoms with Crippen LogP contribution in [0.2, 0.25) is 0 Å². The number of carbonyl (C=O) groups excluding carboxylic acids is 2. The van der Waals surface area contributed by atoms with E-state index in [1.165, 1.54) is 44.9 Å². The topological polar surface area (TPSA) is 66.4 Å². The molecule has 27 heavy (non-hydrogen) atoms. The van der Waals surface area contributed by atoms with E-state index >= 15 is 0 Å². The van der Waals surface area contributed by atoms with Crippen LogP contribution in [0.25, 0.3) is 0 Å². The lowest BCUT2D eigenvalue weighted by Gasteiger charge is -2.29. The quantitative estimate of drug-likeness (QED) is 0.218. The van der Waals surface area contributed by atoms with Crippen LogP contribution >= 0.6 is 0 Å². The number of carboxylic acid groups (broad SMARTS) is 1. The molecule has 0 saturated carbocycles. The van der Waals surface area contributed by atoms with Crippen LogP contribution < -0.4 is 5.11 Å². The Morgan fingerprint density at radius 1 is 0.926 bits per heavy atom. The van der Waals surface area contributed by atoms with Crippen LogP contribution in [0.1, 0.15) is 90.9 Å². The van der Waals surface area contributed by atoms with Crippen molar-refractivity contribution in [3.63, 3.8) is 0 Å². The average Bonchev–Trinajstić information content (AvgIpc) is 2.52. The molecule has 0 aliphatic rings. The van der Waals surface area contributed by atoms with Crippen LogP contribution in [-0.4, -0.2) is 50.2 Å². The van der Waals surface area contributed by atoms with Crippen LogP contribution in [0.15, 0.2) is 0 Å². The van der Waals surface area contributed by atoms with E-state index in [0.29, 0.717) is 23.4 Å². The molecular formula is C22H43NO4. The molecule has 0 rings (SSSR count). The van der Waals surface area contributed by atoms with E-state index in [-0.39, 0.29) is 12.4 Å². The molecule has 0 radical (unpaired) electrons. The van der Waals surface area contributed by atoms with Gasteiger partial charge in [-0.25, -0.2) is 0 Å². The molecule has 0 aliphatic heterocycles. The summed E-state index contributed by atoms with van der Waals surface area (Å²) in [5.41, 5.74) is 0. The van der Waals surface area contributed by atoms with Crippen LogP contribution in [0, 0.1) is 5.92 Å². The molecule has 0 aliphatic carbocycles. The van der Waals surface area contributed by atoms with Gasteiger partial charge in [-0.05, 0) is 12.3 Å². The highest BCUT2D eigenvalue weighted by molar-refractivity contribution is 5.70. The third kappa shape index (κ3) is 18.0. The Morgan fingerprint density at radius 3 is 2.04 bits per heavy atom. The average molecular weight is 386 g/mol. The molecule has 0 heterocycles. The lowest BCUT2D eigenvalue weighted by molar-refractivity contribution is -0.873. The lowest BCUT2D eigenvalue weighted by atomic mass is 9.96. The van der Waals surface area contributed by atoms with Crippen molar-refractivity contribution in [2.45, 2.75) is 97.0 Å². The summed E-state index contributed by atoms with van der Waals surface area (Å²) in [4.78, 5) is 22.9. The standard InChI is InChI=1S/C22H43NO4/c1-6-7-8-9-10-11-14-19(2)15-12-13-16-22(26)27-20(17-21(24)25)18-23(3,4)5/h19-20H,6-18H2,1-5H3. The van der Waals surface area contributed by atoms with Crippen LogP contribution in [0.4, 0.5) is 0 Å². The van der Waals surface area contributed by atoms with Gasteiger partial charge in [0.2, 0.25) is 0 Å². The first-order valence-electron chi connectivity index (χ1n) is 10.8. The maximum absolute atomic E-state index is 12.0. The number of esters is 1. The van der Waals surface area contributed by atoms with Crippen LogP contribution in [-0.2, 0) is 14.3 Å². The molecule has 0 aromatic rings. The highest BCUT2D eigenvalue weighted by atomic mass is 16.5. The minimum absolute atomic E-state index is 0.240. The minimum Gasteiger partial charge on any atom is -0.550 e. The zero-order valence-electron chi connectivity index (χ0n) is 18.4. The van der Waals surface area contributed by atoms with Gasteiger partial charge in [-0.15, -0.1) is 0 Å². The molecule has 2 unspecified atom stereocenters. The van der Waals surface area contributed by atoms with E-state index in [2.05, 4.69) is 13.8 Å². The van der Waals surface area contributed by atoms with E-state index in [1.807, 2.05) is 21.1 Å². The zero-order chi connectivity index (χ0) is 20.7. The fourth-order valence-electron chi connectivity index (χ4n) is 3.36. The number of unbranched alkanes of at least 4 members (excludes halogenated alkanes) is 6. The molecule has 0 saturated heterocycles. The number of rotatable bonds is 17. The van der Waals surface area contributed by atoms with Crippen molar-refractivity contribution in [2.24, 2.45) is 5.92 Å². The first kappa shape index (κ1) is 25.9. The number of likely N-dealkylation sites (N-methyl/N-ethyl adjacent to an activating group) is 1. The Hall–Kier alpha value is -1.10. The smallest absolute Gasteiger partial charge is 0.306 e. The zero-order valence-corrected chi connectivity index (χ0v) is 18.4. The van der Waals surface area contributed by atoms with E-state index in [0.717, 1.165) is 19.3 Å². The molecule has 0 fully saturated rings. The SMILES string of the molecule is CCCCCCCCC(C)CCCCC(=O)OC(CC(=O)[O-])C[N+](C)(C)C. The number of hydrogen-bond acceptors (Lipinski definition) is 4. The monoisotopic (exact) mass is 385 g/mol. The van der Waals surface area contributed by atoms with Gasteiger partial charge in [0.05, 0.1) is 21.1 Å². The predicted molar refractivity (Wildman–Crippen MR) is 108 cm³/mol. The third-order valence-corrected chi connectivity index (χ3v) is 4.82. The summed E-state index contributed by atoms with van der Waals surface area (Å²) in [7, 11) is 5.84. The molecule has 0 aromatic carbocycles. The summed E-state index contributed by atoms with van der Waals surface area (Å²) >= 11 is 0. The van der Waals surface area contributed by atoms with Crippen molar-refractivity contribution in [1.29, 1.82) is 0 Å². The summed E-state index contributed by atoms with van der Waals surface area (Å²) < 4.78 is 5.92. The van der Waals surface area contributed by atoms with E-state index in [1.54, 1.807) is 0 Å². The van der Waals surface area contributed by atoms with Gasteiger partial charge in [-0.1, -0.05) is 71.6 Å². The first-order chi connectivity index (χ1) is 12.6. The fraction of sp³-hybridized carbons (Fsp3) is 0.909. The molecule has 0 N–H and O–H groups in total. The summed E-state index contributed by atoms with van der Waals surface area (Å²) in [5, 5.41) is 10.9.